The van der Waals surface area contributed by atoms with Crippen LogP contribution >= 0.6 is 0 Å². The van der Waals surface area contributed by atoms with E-state index in [9.17, 15) is 23.3 Å². The average molecular weight is 533 g/mol. The van der Waals surface area contributed by atoms with Crippen LogP contribution in [0.2, 0.25) is 0 Å². The Kier molecular flexibility index (Phi) is 7.27. The molecular formula is C24H32N6O6S. The summed E-state index contributed by atoms with van der Waals surface area (Å²) in [6.07, 6.45) is 5.45. The monoisotopic (exact) mass is 532 g/mol. The highest BCUT2D eigenvalue weighted by atomic mass is 32.2. The van der Waals surface area contributed by atoms with E-state index in [2.05, 4.69) is 20.6 Å². The maximum absolute atomic E-state index is 12.7. The first-order chi connectivity index (χ1) is 17.3. The summed E-state index contributed by atoms with van der Waals surface area (Å²) in [7, 11) is -3.36. The van der Waals surface area contributed by atoms with Crippen molar-refractivity contribution >= 4 is 38.9 Å². The number of aromatic nitrogens is 2. The van der Waals surface area contributed by atoms with Gasteiger partial charge < -0.3 is 20.3 Å². The van der Waals surface area contributed by atoms with Crippen LogP contribution in [0.1, 0.15) is 46.5 Å². The standard InChI is InChI=1S/C24H32N6O6S/c1-24(2,3)36-23(31)29-17-7-8-18(29)12-15(11-17)13-25-21-20(30(32)33)22(27-14-26-21)28-16-5-9-19(10-6-16)37(4,34)35/h5-6,9-10,14-15,17-18H,7-8,11-13H2,1-4H3,(H2,25,26,27,28)/t15?,17-,18+. The van der Waals surface area contributed by atoms with Crippen LogP contribution < -0.4 is 10.6 Å². The lowest BCUT2D eigenvalue weighted by atomic mass is 9.91. The number of ether oxygens (including phenoxy) is 1. The molecule has 3 heterocycles. The van der Waals surface area contributed by atoms with Crippen molar-refractivity contribution in [3.05, 3.63) is 40.7 Å². The molecule has 12 nitrogen and oxygen atoms in total. The molecule has 2 saturated heterocycles. The smallest absolute Gasteiger partial charge is 0.410 e. The van der Waals surface area contributed by atoms with Crippen LogP contribution in [0.5, 0.6) is 0 Å². The van der Waals surface area contributed by atoms with Crippen LogP contribution in [0, 0.1) is 16.0 Å². The van der Waals surface area contributed by atoms with Crippen molar-refractivity contribution in [2.75, 3.05) is 23.4 Å². The summed E-state index contributed by atoms with van der Waals surface area (Å²) in [6.45, 7) is 6.03. The fraction of sp³-hybridized carbons (Fsp3) is 0.542. The third-order valence-corrected chi connectivity index (χ3v) is 7.67. The molecule has 2 aromatic rings. The van der Waals surface area contributed by atoms with E-state index in [0.29, 0.717) is 12.2 Å². The van der Waals surface area contributed by atoms with Crippen LogP contribution in [0.25, 0.3) is 0 Å². The number of anilines is 3. The zero-order chi connectivity index (χ0) is 27.0. The first-order valence-electron chi connectivity index (χ1n) is 12.1. The minimum Gasteiger partial charge on any atom is -0.444 e. The molecule has 0 aliphatic carbocycles. The van der Waals surface area contributed by atoms with Crippen molar-refractivity contribution in [2.45, 2.75) is 69.0 Å². The molecule has 2 fully saturated rings. The molecule has 37 heavy (non-hydrogen) atoms. The van der Waals surface area contributed by atoms with Gasteiger partial charge in [-0.1, -0.05) is 0 Å². The zero-order valence-corrected chi connectivity index (χ0v) is 22.1. The Bertz CT molecular complexity index is 1260. The van der Waals surface area contributed by atoms with E-state index in [1.165, 1.54) is 30.6 Å². The molecule has 200 valence electrons. The molecule has 2 bridgehead atoms. The van der Waals surface area contributed by atoms with E-state index in [-0.39, 0.29) is 46.3 Å². The number of piperidine rings is 1. The summed E-state index contributed by atoms with van der Waals surface area (Å²) in [4.78, 5) is 34.2. The van der Waals surface area contributed by atoms with E-state index in [1.54, 1.807) is 0 Å². The highest BCUT2D eigenvalue weighted by molar-refractivity contribution is 7.90. The second kappa shape index (κ2) is 10.1. The molecule has 3 atom stereocenters. The topological polar surface area (TPSA) is 157 Å². The molecule has 0 saturated carbocycles. The van der Waals surface area contributed by atoms with Gasteiger partial charge in [-0.3, -0.25) is 10.1 Å². The molecule has 1 aromatic carbocycles. The SMILES string of the molecule is CC(C)(C)OC(=O)N1[C@@H]2CC[C@H]1CC(CNc1ncnc(Nc3ccc(S(C)(=O)=O)cc3)c1[N+](=O)[O-])C2. The van der Waals surface area contributed by atoms with Gasteiger partial charge in [0.15, 0.2) is 9.84 Å². The number of nitro groups is 1. The average Bonchev–Trinajstić information content (AvgIpc) is 3.06. The predicted molar refractivity (Wildman–Crippen MR) is 138 cm³/mol. The summed E-state index contributed by atoms with van der Waals surface area (Å²) in [5.41, 5.74) is -0.405. The molecule has 2 aliphatic rings. The lowest BCUT2D eigenvalue weighted by Gasteiger charge is -2.39. The van der Waals surface area contributed by atoms with Crippen molar-refractivity contribution in [2.24, 2.45) is 5.92 Å². The third kappa shape index (κ3) is 6.27. The number of benzene rings is 1. The second-order valence-corrected chi connectivity index (χ2v) is 12.6. The Morgan fingerprint density at radius 2 is 1.73 bits per heavy atom. The molecule has 1 amide bonds. The highest BCUT2D eigenvalue weighted by Gasteiger charge is 2.44. The largest absolute Gasteiger partial charge is 0.444 e. The number of nitrogens with zero attached hydrogens (tertiary/aromatic N) is 4. The minimum absolute atomic E-state index is 0.00517. The summed E-state index contributed by atoms with van der Waals surface area (Å²) >= 11 is 0. The number of carbonyl (C=O) groups is 1. The Morgan fingerprint density at radius 3 is 2.27 bits per heavy atom. The quantitative estimate of drug-likeness (QED) is 0.392. The summed E-state index contributed by atoms with van der Waals surface area (Å²) in [5, 5.41) is 17.9. The van der Waals surface area contributed by atoms with E-state index in [1.807, 2.05) is 25.7 Å². The maximum Gasteiger partial charge on any atom is 0.410 e. The van der Waals surface area contributed by atoms with Gasteiger partial charge >= 0.3 is 11.8 Å². The predicted octanol–water partition coefficient (Wildman–Crippen LogP) is 4.12. The van der Waals surface area contributed by atoms with Gasteiger partial charge in [0.05, 0.1) is 9.82 Å². The Labute approximate surface area is 215 Å². The third-order valence-electron chi connectivity index (χ3n) is 6.54. The Morgan fingerprint density at radius 1 is 1.14 bits per heavy atom. The maximum atomic E-state index is 12.7. The van der Waals surface area contributed by atoms with Crippen LogP contribution in [-0.2, 0) is 14.6 Å². The Balaban J connectivity index is 1.44. The normalized spacial score (nSPS) is 21.4. The molecule has 1 aromatic heterocycles. The Hall–Kier alpha value is -3.48. The number of carbonyl (C=O) groups excluding carboxylic acids is 1. The number of nitrogens with one attached hydrogen (secondary N) is 2. The zero-order valence-electron chi connectivity index (χ0n) is 21.3. The van der Waals surface area contributed by atoms with E-state index in [4.69, 9.17) is 4.74 Å². The number of fused-ring (bicyclic) bond motifs is 2. The molecule has 1 unspecified atom stereocenters. The van der Waals surface area contributed by atoms with Crippen LogP contribution in [0.15, 0.2) is 35.5 Å². The molecule has 2 N–H and O–H groups in total. The van der Waals surface area contributed by atoms with Crippen molar-refractivity contribution in [1.29, 1.82) is 0 Å². The molecule has 2 aliphatic heterocycles. The van der Waals surface area contributed by atoms with Crippen LogP contribution in [0.4, 0.5) is 27.8 Å². The van der Waals surface area contributed by atoms with Crippen molar-refractivity contribution in [3.8, 4) is 0 Å². The molecular weight excluding hydrogens is 500 g/mol. The van der Waals surface area contributed by atoms with Gasteiger partial charge in [0.25, 0.3) is 0 Å². The summed E-state index contributed by atoms with van der Waals surface area (Å²) < 4.78 is 29.0. The summed E-state index contributed by atoms with van der Waals surface area (Å²) in [6, 6.07) is 6.05. The number of hydrogen-bond acceptors (Lipinski definition) is 10. The van der Waals surface area contributed by atoms with Gasteiger partial charge in [0, 0.05) is 30.6 Å². The van der Waals surface area contributed by atoms with Gasteiger partial charge in [-0.15, -0.1) is 0 Å². The van der Waals surface area contributed by atoms with Gasteiger partial charge in [-0.25, -0.2) is 23.2 Å². The first-order valence-corrected chi connectivity index (χ1v) is 14.0. The second-order valence-electron chi connectivity index (χ2n) is 10.6. The first kappa shape index (κ1) is 26.6. The van der Waals surface area contributed by atoms with Crippen LogP contribution in [0.3, 0.4) is 0 Å². The lowest BCUT2D eigenvalue weighted by molar-refractivity contribution is -0.383. The number of amides is 1. The highest BCUT2D eigenvalue weighted by Crippen LogP contribution is 2.40. The van der Waals surface area contributed by atoms with E-state index in [0.717, 1.165) is 31.9 Å². The fourth-order valence-corrected chi connectivity index (χ4v) is 5.64. The number of sulfone groups is 1. The van der Waals surface area contributed by atoms with Gasteiger partial charge in [0.1, 0.15) is 11.9 Å². The van der Waals surface area contributed by atoms with Crippen LogP contribution in [-0.4, -0.2) is 64.8 Å². The molecule has 13 heteroatoms. The summed E-state index contributed by atoms with van der Waals surface area (Å²) in [5.74, 6) is 0.303. The van der Waals surface area contributed by atoms with E-state index < -0.39 is 20.4 Å². The number of rotatable bonds is 7. The molecule has 0 radical (unpaired) electrons. The van der Waals surface area contributed by atoms with E-state index >= 15 is 0 Å². The van der Waals surface area contributed by atoms with Gasteiger partial charge in [-0.05, 0) is 76.6 Å². The molecule has 4 rings (SSSR count). The van der Waals surface area contributed by atoms with Crippen molar-refractivity contribution < 1.29 is 22.9 Å². The van der Waals surface area contributed by atoms with Gasteiger partial charge in [-0.2, -0.15) is 0 Å². The molecule has 0 spiro atoms. The van der Waals surface area contributed by atoms with Crippen molar-refractivity contribution in [3.63, 3.8) is 0 Å². The lowest BCUT2D eigenvalue weighted by Crippen LogP contribution is -2.49. The minimum atomic E-state index is -3.36. The fourth-order valence-electron chi connectivity index (χ4n) is 5.00. The van der Waals surface area contributed by atoms with Crippen molar-refractivity contribution in [1.82, 2.24) is 14.9 Å². The number of hydrogen-bond donors (Lipinski definition) is 2. The van der Waals surface area contributed by atoms with Gasteiger partial charge in [0.2, 0.25) is 11.6 Å².